The zero-order chi connectivity index (χ0) is 9.14. The molecule has 0 atom stereocenters. The van der Waals surface area contributed by atoms with Crippen molar-refractivity contribution in [3.8, 4) is 0 Å². The minimum atomic E-state index is -0.177. The Hall–Kier alpha value is -0.880. The van der Waals surface area contributed by atoms with Crippen LogP contribution in [-0.4, -0.2) is 34.0 Å². The SMILES string of the molecule is CCN(C)C(=O)c1nnsc1N.Cl. The molecule has 1 amide bonds. The summed E-state index contributed by atoms with van der Waals surface area (Å²) in [6, 6.07) is 0. The van der Waals surface area contributed by atoms with Crippen LogP contribution in [0.2, 0.25) is 0 Å². The van der Waals surface area contributed by atoms with E-state index < -0.39 is 0 Å². The fraction of sp³-hybridized carbons (Fsp3) is 0.500. The van der Waals surface area contributed by atoms with Crippen molar-refractivity contribution >= 4 is 34.8 Å². The van der Waals surface area contributed by atoms with Crippen molar-refractivity contribution in [3.63, 3.8) is 0 Å². The average Bonchev–Trinajstić information content (AvgIpc) is 2.48. The van der Waals surface area contributed by atoms with E-state index in [9.17, 15) is 4.79 Å². The maximum Gasteiger partial charge on any atom is 0.277 e. The highest BCUT2D eigenvalue weighted by atomic mass is 35.5. The van der Waals surface area contributed by atoms with E-state index in [-0.39, 0.29) is 24.0 Å². The first kappa shape index (κ1) is 12.1. The van der Waals surface area contributed by atoms with Crippen molar-refractivity contribution in [1.29, 1.82) is 0 Å². The normalized spacial score (nSPS) is 9.08. The molecule has 1 heterocycles. The van der Waals surface area contributed by atoms with Crippen molar-refractivity contribution in [3.05, 3.63) is 5.69 Å². The summed E-state index contributed by atoms with van der Waals surface area (Å²) in [5, 5.41) is 4.01. The smallest absolute Gasteiger partial charge is 0.277 e. The molecule has 0 aromatic carbocycles. The van der Waals surface area contributed by atoms with Crippen LogP contribution in [-0.2, 0) is 0 Å². The number of carbonyl (C=O) groups excluding carboxylic acids is 1. The van der Waals surface area contributed by atoms with Crippen molar-refractivity contribution < 1.29 is 4.79 Å². The Labute approximate surface area is 86.5 Å². The van der Waals surface area contributed by atoms with Gasteiger partial charge in [-0.25, -0.2) is 0 Å². The van der Waals surface area contributed by atoms with Crippen LogP contribution < -0.4 is 5.73 Å². The van der Waals surface area contributed by atoms with E-state index in [1.807, 2.05) is 6.92 Å². The number of rotatable bonds is 2. The molecule has 1 rings (SSSR count). The molecule has 74 valence electrons. The lowest BCUT2D eigenvalue weighted by atomic mass is 10.4. The third kappa shape index (κ3) is 2.53. The summed E-state index contributed by atoms with van der Waals surface area (Å²) in [4.78, 5) is 12.9. The molecule has 5 nitrogen and oxygen atoms in total. The number of aromatic nitrogens is 2. The quantitative estimate of drug-likeness (QED) is 0.797. The van der Waals surface area contributed by atoms with Crippen molar-refractivity contribution in [2.45, 2.75) is 6.92 Å². The maximum absolute atomic E-state index is 11.4. The van der Waals surface area contributed by atoms with Gasteiger partial charge in [0.1, 0.15) is 5.00 Å². The molecule has 0 fully saturated rings. The number of carbonyl (C=O) groups is 1. The van der Waals surface area contributed by atoms with Crippen LogP contribution in [0.3, 0.4) is 0 Å². The lowest BCUT2D eigenvalue weighted by Crippen LogP contribution is -2.27. The first-order valence-electron chi connectivity index (χ1n) is 3.50. The van der Waals surface area contributed by atoms with Gasteiger partial charge in [-0.2, -0.15) is 0 Å². The number of nitrogen functional groups attached to an aromatic ring is 1. The molecule has 2 N–H and O–H groups in total. The molecular formula is C6H11ClN4OS. The molecule has 1 aromatic rings. The van der Waals surface area contributed by atoms with E-state index in [0.717, 1.165) is 11.5 Å². The van der Waals surface area contributed by atoms with Gasteiger partial charge in [0, 0.05) is 25.1 Å². The molecular weight excluding hydrogens is 212 g/mol. The van der Waals surface area contributed by atoms with Crippen LogP contribution in [0.1, 0.15) is 17.4 Å². The van der Waals surface area contributed by atoms with Crippen LogP contribution in [0.4, 0.5) is 5.00 Å². The van der Waals surface area contributed by atoms with Gasteiger partial charge in [-0.15, -0.1) is 17.5 Å². The van der Waals surface area contributed by atoms with E-state index in [0.29, 0.717) is 11.5 Å². The highest BCUT2D eigenvalue weighted by Gasteiger charge is 2.16. The van der Waals surface area contributed by atoms with Gasteiger partial charge >= 0.3 is 0 Å². The van der Waals surface area contributed by atoms with Crippen molar-refractivity contribution in [2.24, 2.45) is 0 Å². The lowest BCUT2D eigenvalue weighted by Gasteiger charge is -2.11. The number of halogens is 1. The largest absolute Gasteiger partial charge is 0.387 e. The molecule has 0 radical (unpaired) electrons. The summed E-state index contributed by atoms with van der Waals surface area (Å²) in [5.74, 6) is -0.177. The average molecular weight is 223 g/mol. The van der Waals surface area contributed by atoms with Crippen LogP contribution in [0, 0.1) is 0 Å². The van der Waals surface area contributed by atoms with E-state index in [4.69, 9.17) is 5.73 Å². The molecule has 0 aliphatic rings. The number of nitrogens with zero attached hydrogens (tertiary/aromatic N) is 3. The first-order valence-corrected chi connectivity index (χ1v) is 4.27. The molecule has 0 spiro atoms. The van der Waals surface area contributed by atoms with Crippen molar-refractivity contribution in [2.75, 3.05) is 19.3 Å². The van der Waals surface area contributed by atoms with Crippen LogP contribution in [0.25, 0.3) is 0 Å². The zero-order valence-corrected chi connectivity index (χ0v) is 8.98. The predicted octanol–water partition coefficient (Wildman–Crippen LogP) is 0.634. The van der Waals surface area contributed by atoms with Gasteiger partial charge in [0.2, 0.25) is 0 Å². The van der Waals surface area contributed by atoms with Gasteiger partial charge in [-0.05, 0) is 6.92 Å². The molecule has 0 bridgehead atoms. The second kappa shape index (κ2) is 4.98. The fourth-order valence-corrected chi connectivity index (χ4v) is 1.10. The minimum Gasteiger partial charge on any atom is -0.387 e. The Morgan fingerprint density at radius 3 is 2.69 bits per heavy atom. The summed E-state index contributed by atoms with van der Waals surface area (Å²) >= 11 is 1.03. The summed E-state index contributed by atoms with van der Waals surface area (Å²) < 4.78 is 3.58. The van der Waals surface area contributed by atoms with E-state index in [1.54, 1.807) is 7.05 Å². The Morgan fingerprint density at radius 2 is 2.31 bits per heavy atom. The van der Waals surface area contributed by atoms with Crippen molar-refractivity contribution in [1.82, 2.24) is 14.5 Å². The topological polar surface area (TPSA) is 72.1 Å². The second-order valence-electron chi connectivity index (χ2n) is 2.31. The summed E-state index contributed by atoms with van der Waals surface area (Å²) in [7, 11) is 1.70. The van der Waals surface area contributed by atoms with Gasteiger partial charge in [0.25, 0.3) is 5.91 Å². The number of amides is 1. The number of hydrogen-bond donors (Lipinski definition) is 1. The van der Waals surface area contributed by atoms with Crippen LogP contribution >= 0.6 is 23.9 Å². The predicted molar refractivity (Wildman–Crippen MR) is 54.2 cm³/mol. The van der Waals surface area contributed by atoms with Gasteiger partial charge in [0.15, 0.2) is 5.69 Å². The van der Waals surface area contributed by atoms with Gasteiger partial charge < -0.3 is 10.6 Å². The van der Waals surface area contributed by atoms with E-state index >= 15 is 0 Å². The Kier molecular flexibility index (Phi) is 4.64. The van der Waals surface area contributed by atoms with Crippen LogP contribution in [0.15, 0.2) is 0 Å². The second-order valence-corrected chi connectivity index (χ2v) is 3.09. The summed E-state index contributed by atoms with van der Waals surface area (Å²) in [6.45, 7) is 2.52. The third-order valence-electron chi connectivity index (χ3n) is 1.54. The molecule has 13 heavy (non-hydrogen) atoms. The van der Waals surface area contributed by atoms with Gasteiger partial charge in [-0.1, -0.05) is 4.49 Å². The van der Waals surface area contributed by atoms with Gasteiger partial charge in [0.05, 0.1) is 0 Å². The standard InChI is InChI=1S/C6H10N4OS.ClH/c1-3-10(2)6(11)4-5(7)12-9-8-4;/h3,7H2,1-2H3;1H. The molecule has 0 saturated heterocycles. The number of hydrogen-bond acceptors (Lipinski definition) is 5. The highest BCUT2D eigenvalue weighted by Crippen LogP contribution is 2.13. The Morgan fingerprint density at radius 1 is 1.69 bits per heavy atom. The number of nitrogens with two attached hydrogens (primary N) is 1. The molecule has 0 aliphatic heterocycles. The minimum absolute atomic E-state index is 0. The monoisotopic (exact) mass is 222 g/mol. The van der Waals surface area contributed by atoms with Gasteiger partial charge in [-0.3, -0.25) is 4.79 Å². The number of anilines is 1. The Balaban J connectivity index is 0.00000144. The summed E-state index contributed by atoms with van der Waals surface area (Å²) in [6.07, 6.45) is 0. The summed E-state index contributed by atoms with van der Waals surface area (Å²) in [5.41, 5.74) is 5.73. The third-order valence-corrected chi connectivity index (χ3v) is 2.09. The molecule has 0 unspecified atom stereocenters. The zero-order valence-electron chi connectivity index (χ0n) is 7.35. The van der Waals surface area contributed by atoms with Crippen LogP contribution in [0.5, 0.6) is 0 Å². The molecule has 1 aromatic heterocycles. The molecule has 7 heteroatoms. The first-order chi connectivity index (χ1) is 5.66. The Bertz CT molecular complexity index is 290. The lowest BCUT2D eigenvalue weighted by molar-refractivity contribution is 0.0797. The highest BCUT2D eigenvalue weighted by molar-refractivity contribution is 7.10. The van der Waals surface area contributed by atoms with E-state index in [1.165, 1.54) is 4.90 Å². The molecule has 0 aliphatic carbocycles. The fourth-order valence-electron chi connectivity index (χ4n) is 0.670. The molecule has 0 saturated carbocycles. The van der Waals surface area contributed by atoms with E-state index in [2.05, 4.69) is 9.59 Å². The maximum atomic E-state index is 11.4.